The van der Waals surface area contributed by atoms with Crippen molar-refractivity contribution in [3.63, 3.8) is 0 Å². The lowest BCUT2D eigenvalue weighted by atomic mass is 10.1. The Bertz CT molecular complexity index is 366. The Hall–Kier alpha value is -1.75. The Labute approximate surface area is 87.9 Å². The van der Waals surface area contributed by atoms with Gasteiger partial charge in [0.15, 0.2) is 6.10 Å². The number of hydrogen-bond acceptors (Lipinski definition) is 4. The van der Waals surface area contributed by atoms with Crippen molar-refractivity contribution in [2.45, 2.75) is 6.10 Å². The van der Waals surface area contributed by atoms with Gasteiger partial charge in [-0.05, 0) is 17.7 Å². The summed E-state index contributed by atoms with van der Waals surface area (Å²) >= 11 is 0. The molecule has 0 aliphatic heterocycles. The Morgan fingerprint density at radius 3 is 2.67 bits per heavy atom. The first-order chi connectivity index (χ1) is 7.10. The predicted molar refractivity (Wildman–Crippen MR) is 57.8 cm³/mol. The maximum Gasteiger partial charge on any atom is 0.337 e. The third-order valence-corrected chi connectivity index (χ3v) is 2.11. The predicted octanol–water partition coefficient (Wildman–Crippen LogP) is 1.08. The number of aliphatic carboxylic acids is 1. The summed E-state index contributed by atoms with van der Waals surface area (Å²) in [7, 11) is 3.09. The number of methoxy groups -OCH3 is 1. The second-order valence-electron chi connectivity index (χ2n) is 3.05. The van der Waals surface area contributed by atoms with E-state index in [9.17, 15) is 4.79 Å². The van der Waals surface area contributed by atoms with E-state index in [4.69, 9.17) is 15.6 Å². The lowest BCUT2D eigenvalue weighted by molar-refractivity contribution is -0.148. The van der Waals surface area contributed by atoms with Gasteiger partial charge >= 0.3 is 5.97 Å². The van der Waals surface area contributed by atoms with Gasteiger partial charge in [-0.25, -0.2) is 4.79 Å². The fourth-order valence-corrected chi connectivity index (χ4v) is 1.35. The van der Waals surface area contributed by atoms with Crippen LogP contribution in [0.3, 0.4) is 0 Å². The highest BCUT2D eigenvalue weighted by Gasteiger charge is 2.19. The first-order valence-corrected chi connectivity index (χ1v) is 4.43. The average molecular weight is 210 g/mol. The van der Waals surface area contributed by atoms with E-state index >= 15 is 0 Å². The number of nitrogen functional groups attached to an aromatic ring is 1. The molecule has 1 aromatic carbocycles. The molecule has 82 valence electrons. The number of benzene rings is 1. The molecular weight excluding hydrogens is 196 g/mol. The van der Waals surface area contributed by atoms with Gasteiger partial charge in [-0.1, -0.05) is 6.07 Å². The molecule has 0 saturated heterocycles. The van der Waals surface area contributed by atoms with Gasteiger partial charge in [0.25, 0.3) is 0 Å². The Balaban J connectivity index is 3.05. The van der Waals surface area contributed by atoms with Crippen LogP contribution in [0.1, 0.15) is 11.7 Å². The highest BCUT2D eigenvalue weighted by atomic mass is 16.5. The molecule has 1 rings (SSSR count). The second-order valence-corrected chi connectivity index (χ2v) is 3.05. The number of rotatable bonds is 4. The lowest BCUT2D eigenvalue weighted by Crippen LogP contribution is -2.13. The van der Waals surface area contributed by atoms with E-state index in [-0.39, 0.29) is 0 Å². The third-order valence-electron chi connectivity index (χ3n) is 2.11. The number of anilines is 2. The largest absolute Gasteiger partial charge is 0.479 e. The number of nitrogens with one attached hydrogen (secondary N) is 1. The molecule has 0 aliphatic rings. The summed E-state index contributed by atoms with van der Waals surface area (Å²) in [6, 6.07) is 4.98. The standard InChI is InChI=1S/C10H14N2O3/c1-12-8-4-3-6(5-7(8)11)9(15-2)10(13)14/h3-5,9,12H,11H2,1-2H3,(H,13,14). The molecule has 15 heavy (non-hydrogen) atoms. The highest BCUT2D eigenvalue weighted by Crippen LogP contribution is 2.24. The third kappa shape index (κ3) is 2.38. The molecule has 0 amide bonds. The van der Waals surface area contributed by atoms with Gasteiger partial charge in [-0.15, -0.1) is 0 Å². The minimum atomic E-state index is -1.03. The molecule has 1 aromatic rings. The van der Waals surface area contributed by atoms with Crippen molar-refractivity contribution in [2.75, 3.05) is 25.2 Å². The van der Waals surface area contributed by atoms with Crippen molar-refractivity contribution in [2.24, 2.45) is 0 Å². The monoisotopic (exact) mass is 210 g/mol. The Morgan fingerprint density at radius 2 is 2.27 bits per heavy atom. The van der Waals surface area contributed by atoms with Crippen molar-refractivity contribution in [1.82, 2.24) is 0 Å². The highest BCUT2D eigenvalue weighted by molar-refractivity contribution is 5.76. The Morgan fingerprint density at radius 1 is 1.60 bits per heavy atom. The van der Waals surface area contributed by atoms with Crippen LogP contribution in [-0.2, 0) is 9.53 Å². The first kappa shape index (κ1) is 11.3. The molecule has 0 fully saturated rings. The first-order valence-electron chi connectivity index (χ1n) is 4.43. The lowest BCUT2D eigenvalue weighted by Gasteiger charge is -2.13. The molecule has 0 bridgehead atoms. The molecule has 5 heteroatoms. The molecule has 0 radical (unpaired) electrons. The van der Waals surface area contributed by atoms with Crippen molar-refractivity contribution < 1.29 is 14.6 Å². The minimum Gasteiger partial charge on any atom is -0.479 e. The van der Waals surface area contributed by atoms with Crippen LogP contribution in [0, 0.1) is 0 Å². The molecule has 0 saturated carbocycles. The van der Waals surface area contributed by atoms with Gasteiger partial charge < -0.3 is 20.9 Å². The van der Waals surface area contributed by atoms with E-state index in [0.717, 1.165) is 5.69 Å². The summed E-state index contributed by atoms with van der Waals surface area (Å²) in [5.41, 5.74) is 7.50. The molecule has 0 aromatic heterocycles. The maximum absolute atomic E-state index is 10.8. The summed E-state index contributed by atoms with van der Waals surface area (Å²) in [6.07, 6.45) is -0.974. The molecule has 4 N–H and O–H groups in total. The van der Waals surface area contributed by atoms with E-state index in [1.807, 2.05) is 0 Å². The number of carboxylic acids is 1. The quantitative estimate of drug-likeness (QED) is 0.647. The molecule has 0 heterocycles. The van der Waals surface area contributed by atoms with Gasteiger partial charge in [0.2, 0.25) is 0 Å². The van der Waals surface area contributed by atoms with Crippen LogP contribution in [0.4, 0.5) is 11.4 Å². The topological polar surface area (TPSA) is 84.6 Å². The van der Waals surface area contributed by atoms with E-state index < -0.39 is 12.1 Å². The number of hydrogen-bond donors (Lipinski definition) is 3. The van der Waals surface area contributed by atoms with Gasteiger partial charge in [0.05, 0.1) is 11.4 Å². The van der Waals surface area contributed by atoms with Crippen molar-refractivity contribution in [1.29, 1.82) is 0 Å². The van der Waals surface area contributed by atoms with Crippen molar-refractivity contribution >= 4 is 17.3 Å². The van der Waals surface area contributed by atoms with Crippen LogP contribution in [0.25, 0.3) is 0 Å². The zero-order chi connectivity index (χ0) is 11.4. The fourth-order valence-electron chi connectivity index (χ4n) is 1.35. The SMILES string of the molecule is CNc1ccc(C(OC)C(=O)O)cc1N. The number of carbonyl (C=O) groups is 1. The number of ether oxygens (including phenoxy) is 1. The molecule has 1 unspecified atom stereocenters. The number of carboxylic acid groups (broad SMARTS) is 1. The van der Waals surface area contributed by atoms with E-state index in [0.29, 0.717) is 11.3 Å². The minimum absolute atomic E-state index is 0.498. The average Bonchev–Trinajstić information content (AvgIpc) is 2.18. The van der Waals surface area contributed by atoms with Crippen molar-refractivity contribution in [3.8, 4) is 0 Å². The summed E-state index contributed by atoms with van der Waals surface area (Å²) in [4.78, 5) is 10.8. The van der Waals surface area contributed by atoms with Crippen LogP contribution in [-0.4, -0.2) is 25.2 Å². The molecule has 0 spiro atoms. The van der Waals surface area contributed by atoms with E-state index in [2.05, 4.69) is 5.32 Å². The zero-order valence-corrected chi connectivity index (χ0v) is 8.65. The van der Waals surface area contributed by atoms with Crippen LogP contribution >= 0.6 is 0 Å². The van der Waals surface area contributed by atoms with Gasteiger partial charge in [0.1, 0.15) is 0 Å². The van der Waals surface area contributed by atoms with Crippen molar-refractivity contribution in [3.05, 3.63) is 23.8 Å². The molecule has 1 atom stereocenters. The Kier molecular flexibility index (Phi) is 3.51. The van der Waals surface area contributed by atoms with Gasteiger partial charge in [-0.2, -0.15) is 0 Å². The summed E-state index contributed by atoms with van der Waals surface area (Å²) in [5, 5.41) is 11.8. The van der Waals surface area contributed by atoms with Crippen LogP contribution in [0.15, 0.2) is 18.2 Å². The normalized spacial score (nSPS) is 12.1. The van der Waals surface area contributed by atoms with Crippen LogP contribution in [0.2, 0.25) is 0 Å². The second kappa shape index (κ2) is 4.65. The van der Waals surface area contributed by atoms with Crippen LogP contribution < -0.4 is 11.1 Å². The number of nitrogens with two attached hydrogens (primary N) is 1. The smallest absolute Gasteiger partial charge is 0.337 e. The zero-order valence-electron chi connectivity index (χ0n) is 8.65. The fraction of sp³-hybridized carbons (Fsp3) is 0.300. The van der Waals surface area contributed by atoms with E-state index in [1.165, 1.54) is 7.11 Å². The maximum atomic E-state index is 10.8. The van der Waals surface area contributed by atoms with Crippen LogP contribution in [0.5, 0.6) is 0 Å². The summed E-state index contributed by atoms with van der Waals surface area (Å²) in [6.45, 7) is 0. The van der Waals surface area contributed by atoms with Gasteiger partial charge in [-0.3, -0.25) is 0 Å². The summed E-state index contributed by atoms with van der Waals surface area (Å²) in [5.74, 6) is -1.03. The summed E-state index contributed by atoms with van der Waals surface area (Å²) < 4.78 is 4.85. The molecular formula is C10H14N2O3. The van der Waals surface area contributed by atoms with E-state index in [1.54, 1.807) is 25.2 Å². The van der Waals surface area contributed by atoms with Gasteiger partial charge in [0, 0.05) is 14.2 Å². The molecule has 5 nitrogen and oxygen atoms in total. The molecule has 0 aliphatic carbocycles.